The maximum absolute atomic E-state index is 11.1. The third-order valence-electron chi connectivity index (χ3n) is 3.14. The predicted molar refractivity (Wildman–Crippen MR) is 53.7 cm³/mol. The molecule has 0 aromatic carbocycles. The van der Waals surface area contributed by atoms with Crippen LogP contribution in [0, 0.1) is 5.92 Å². The maximum atomic E-state index is 11.1. The van der Waals surface area contributed by atoms with E-state index in [1.807, 2.05) is 0 Å². The summed E-state index contributed by atoms with van der Waals surface area (Å²) < 4.78 is 0. The lowest BCUT2D eigenvalue weighted by atomic mass is 9.98. The Kier molecular flexibility index (Phi) is 2.87. The van der Waals surface area contributed by atoms with Crippen molar-refractivity contribution in [3.63, 3.8) is 0 Å². The van der Waals surface area contributed by atoms with Gasteiger partial charge in [-0.25, -0.2) is 0 Å². The van der Waals surface area contributed by atoms with Crippen molar-refractivity contribution in [2.24, 2.45) is 5.92 Å². The Morgan fingerprint density at radius 1 is 1.50 bits per heavy atom. The Hall–Kier alpha value is -0.830. The van der Waals surface area contributed by atoms with E-state index in [4.69, 9.17) is 5.11 Å². The van der Waals surface area contributed by atoms with Crippen LogP contribution in [0.3, 0.4) is 0 Å². The van der Waals surface area contributed by atoms with E-state index in [1.54, 1.807) is 6.08 Å². The van der Waals surface area contributed by atoms with E-state index in [-0.39, 0.29) is 12.4 Å². The number of hydrogen-bond acceptors (Lipinski definition) is 3. The largest absolute Gasteiger partial charge is 0.396 e. The third kappa shape index (κ3) is 1.98. The first kappa shape index (κ1) is 9.71. The molecule has 0 radical (unpaired) electrons. The number of allylic oxidation sites excluding steroid dienone is 2. The number of nitrogens with zero attached hydrogens (tertiary/aromatic N) is 1. The van der Waals surface area contributed by atoms with Crippen LogP contribution in [0.5, 0.6) is 0 Å². The smallest absolute Gasteiger partial charge is 0.157 e. The number of piperidine rings is 1. The molecule has 0 spiro atoms. The van der Waals surface area contributed by atoms with Crippen LogP contribution in [0.1, 0.15) is 25.7 Å². The van der Waals surface area contributed by atoms with Gasteiger partial charge in [0.15, 0.2) is 5.78 Å². The molecule has 1 atom stereocenters. The van der Waals surface area contributed by atoms with Gasteiger partial charge in [-0.1, -0.05) is 0 Å². The van der Waals surface area contributed by atoms with Crippen molar-refractivity contribution in [3.05, 3.63) is 11.8 Å². The zero-order valence-corrected chi connectivity index (χ0v) is 8.41. The Balaban J connectivity index is 1.97. The third-order valence-corrected chi connectivity index (χ3v) is 3.14. The summed E-state index contributed by atoms with van der Waals surface area (Å²) in [5.74, 6) is 0.659. The van der Waals surface area contributed by atoms with E-state index < -0.39 is 0 Å². The van der Waals surface area contributed by atoms with E-state index in [0.29, 0.717) is 12.3 Å². The predicted octanol–water partition coefficient (Wildman–Crippen LogP) is 0.938. The number of carbonyl (C=O) groups excluding carboxylic acids is 1. The Labute approximate surface area is 84.4 Å². The molecule has 3 heteroatoms. The summed E-state index contributed by atoms with van der Waals surface area (Å²) in [5.41, 5.74) is 1.19. The second-order valence-electron chi connectivity index (χ2n) is 4.24. The van der Waals surface area contributed by atoms with Gasteiger partial charge < -0.3 is 10.0 Å². The van der Waals surface area contributed by atoms with Gasteiger partial charge in [-0.3, -0.25) is 4.79 Å². The number of rotatable bonds is 2. The summed E-state index contributed by atoms with van der Waals surface area (Å²) in [5, 5.41) is 9.09. The maximum Gasteiger partial charge on any atom is 0.157 e. The molecule has 0 bridgehead atoms. The quantitative estimate of drug-likeness (QED) is 0.713. The molecule has 1 heterocycles. The van der Waals surface area contributed by atoms with Gasteiger partial charge in [0.25, 0.3) is 0 Å². The Morgan fingerprint density at radius 2 is 2.36 bits per heavy atom. The molecule has 3 nitrogen and oxygen atoms in total. The molecular formula is C11H17NO2. The number of likely N-dealkylation sites (tertiary alicyclic amines) is 1. The van der Waals surface area contributed by atoms with Crippen molar-refractivity contribution in [2.75, 3.05) is 19.7 Å². The molecule has 2 aliphatic rings. The van der Waals surface area contributed by atoms with Crippen LogP contribution in [-0.2, 0) is 4.79 Å². The van der Waals surface area contributed by atoms with Crippen molar-refractivity contribution >= 4 is 5.78 Å². The normalized spacial score (nSPS) is 28.1. The number of aliphatic hydroxyl groups is 1. The van der Waals surface area contributed by atoms with Crippen molar-refractivity contribution < 1.29 is 9.90 Å². The highest BCUT2D eigenvalue weighted by Gasteiger charge is 2.23. The van der Waals surface area contributed by atoms with Gasteiger partial charge in [-0.05, 0) is 25.2 Å². The van der Waals surface area contributed by atoms with Crippen LogP contribution in [-0.4, -0.2) is 35.5 Å². The summed E-state index contributed by atoms with van der Waals surface area (Å²) in [6, 6.07) is 0. The van der Waals surface area contributed by atoms with Gasteiger partial charge in [-0.15, -0.1) is 0 Å². The highest BCUT2D eigenvalue weighted by Crippen LogP contribution is 2.25. The van der Waals surface area contributed by atoms with Gasteiger partial charge in [-0.2, -0.15) is 0 Å². The van der Waals surface area contributed by atoms with Crippen molar-refractivity contribution in [3.8, 4) is 0 Å². The topological polar surface area (TPSA) is 40.5 Å². The molecule has 1 unspecified atom stereocenters. The number of aliphatic hydroxyl groups excluding tert-OH is 1. The summed E-state index contributed by atoms with van der Waals surface area (Å²) in [4.78, 5) is 13.4. The fourth-order valence-corrected chi connectivity index (χ4v) is 2.31. The fourth-order valence-electron chi connectivity index (χ4n) is 2.31. The summed E-state index contributed by atoms with van der Waals surface area (Å²) in [7, 11) is 0. The van der Waals surface area contributed by atoms with Crippen LogP contribution >= 0.6 is 0 Å². The summed E-state index contributed by atoms with van der Waals surface area (Å²) >= 11 is 0. The summed E-state index contributed by atoms with van der Waals surface area (Å²) in [6.07, 6.45) is 5.61. The molecular weight excluding hydrogens is 178 g/mol. The van der Waals surface area contributed by atoms with E-state index in [2.05, 4.69) is 4.90 Å². The lowest BCUT2D eigenvalue weighted by Crippen LogP contribution is -2.35. The first-order valence-corrected chi connectivity index (χ1v) is 5.39. The Morgan fingerprint density at radius 3 is 3.00 bits per heavy atom. The van der Waals surface area contributed by atoms with Gasteiger partial charge in [0.1, 0.15) is 0 Å². The van der Waals surface area contributed by atoms with Crippen LogP contribution in [0.2, 0.25) is 0 Å². The second-order valence-corrected chi connectivity index (χ2v) is 4.24. The molecule has 1 aliphatic carbocycles. The van der Waals surface area contributed by atoms with E-state index in [9.17, 15) is 4.79 Å². The molecule has 14 heavy (non-hydrogen) atoms. The van der Waals surface area contributed by atoms with Crippen molar-refractivity contribution in [1.29, 1.82) is 0 Å². The molecule has 1 saturated heterocycles. The minimum atomic E-state index is 0.256. The molecule has 0 saturated carbocycles. The summed E-state index contributed by atoms with van der Waals surface area (Å²) in [6.45, 7) is 2.25. The lowest BCUT2D eigenvalue weighted by Gasteiger charge is -2.34. The SMILES string of the molecule is O=C1C=C(N2CCCC(CO)C2)CC1. The van der Waals surface area contributed by atoms with Gasteiger partial charge in [0, 0.05) is 37.9 Å². The second kappa shape index (κ2) is 4.13. The molecule has 1 aliphatic heterocycles. The zero-order chi connectivity index (χ0) is 9.97. The van der Waals surface area contributed by atoms with Crippen LogP contribution < -0.4 is 0 Å². The molecule has 0 aromatic rings. The molecule has 2 rings (SSSR count). The molecule has 78 valence electrons. The first-order valence-electron chi connectivity index (χ1n) is 5.39. The number of carbonyl (C=O) groups is 1. The van der Waals surface area contributed by atoms with Gasteiger partial charge in [0.05, 0.1) is 0 Å². The van der Waals surface area contributed by atoms with Crippen molar-refractivity contribution in [1.82, 2.24) is 4.90 Å². The number of hydrogen-bond donors (Lipinski definition) is 1. The molecule has 1 N–H and O–H groups in total. The van der Waals surface area contributed by atoms with Crippen LogP contribution in [0.15, 0.2) is 11.8 Å². The van der Waals surface area contributed by atoms with E-state index in [1.165, 1.54) is 5.70 Å². The van der Waals surface area contributed by atoms with E-state index >= 15 is 0 Å². The molecule has 1 fully saturated rings. The molecule has 0 amide bonds. The minimum Gasteiger partial charge on any atom is -0.396 e. The fraction of sp³-hybridized carbons (Fsp3) is 0.727. The van der Waals surface area contributed by atoms with Gasteiger partial charge >= 0.3 is 0 Å². The van der Waals surface area contributed by atoms with Crippen LogP contribution in [0.4, 0.5) is 0 Å². The molecule has 0 aromatic heterocycles. The van der Waals surface area contributed by atoms with Crippen LogP contribution in [0.25, 0.3) is 0 Å². The van der Waals surface area contributed by atoms with Gasteiger partial charge in [0.2, 0.25) is 0 Å². The monoisotopic (exact) mass is 195 g/mol. The Bertz CT molecular complexity index is 260. The zero-order valence-electron chi connectivity index (χ0n) is 8.41. The average molecular weight is 195 g/mol. The standard InChI is InChI=1S/C11H17NO2/c13-8-9-2-1-5-12(7-9)10-3-4-11(14)6-10/h6,9,13H,1-5,7-8H2. The van der Waals surface area contributed by atoms with Crippen molar-refractivity contribution in [2.45, 2.75) is 25.7 Å². The van der Waals surface area contributed by atoms with E-state index in [0.717, 1.165) is 32.4 Å². The lowest BCUT2D eigenvalue weighted by molar-refractivity contribution is -0.114. The highest BCUT2D eigenvalue weighted by molar-refractivity contribution is 5.92. The average Bonchev–Trinajstić information content (AvgIpc) is 2.65. The number of ketones is 1. The first-order chi connectivity index (χ1) is 6.79. The highest BCUT2D eigenvalue weighted by atomic mass is 16.3. The minimum absolute atomic E-state index is 0.256.